The van der Waals surface area contributed by atoms with Crippen LogP contribution < -0.4 is 4.90 Å². The number of nitrogens with zero attached hydrogens (tertiary/aromatic N) is 2. The first kappa shape index (κ1) is 19.5. The lowest BCUT2D eigenvalue weighted by Gasteiger charge is -2.17. The smallest absolute Gasteiger partial charge is 0.338 e. The summed E-state index contributed by atoms with van der Waals surface area (Å²) in [5, 5.41) is 11.4. The molecule has 0 radical (unpaired) electrons. The van der Waals surface area contributed by atoms with Crippen LogP contribution in [-0.2, 0) is 4.74 Å². The van der Waals surface area contributed by atoms with Crippen LogP contribution in [0.4, 0.5) is 11.4 Å². The van der Waals surface area contributed by atoms with E-state index >= 15 is 0 Å². The molecule has 0 unspecified atom stereocenters. The van der Waals surface area contributed by atoms with Gasteiger partial charge in [0.2, 0.25) is 5.78 Å². The summed E-state index contributed by atoms with van der Waals surface area (Å²) in [6, 6.07) is 9.71. The Morgan fingerprint density at radius 1 is 1.11 bits per heavy atom. The number of hydrogen-bond donors (Lipinski definition) is 0. The van der Waals surface area contributed by atoms with Crippen LogP contribution in [0.25, 0.3) is 0 Å². The van der Waals surface area contributed by atoms with Gasteiger partial charge >= 0.3 is 5.97 Å². The Balaban J connectivity index is 1.72. The van der Waals surface area contributed by atoms with Crippen LogP contribution in [0.15, 0.2) is 36.4 Å². The van der Waals surface area contributed by atoms with E-state index in [4.69, 9.17) is 4.74 Å². The van der Waals surface area contributed by atoms with Crippen molar-refractivity contribution < 1.29 is 19.2 Å². The van der Waals surface area contributed by atoms with Crippen molar-refractivity contribution >= 4 is 23.1 Å². The number of hydrogen-bond acceptors (Lipinski definition) is 6. The second kappa shape index (κ2) is 8.21. The molecule has 1 aliphatic rings. The summed E-state index contributed by atoms with van der Waals surface area (Å²) in [5.41, 5.74) is 2.78. The van der Waals surface area contributed by atoms with Crippen LogP contribution in [0.3, 0.4) is 0 Å². The maximum absolute atomic E-state index is 12.3. The Kier molecular flexibility index (Phi) is 5.73. The number of ketones is 1. The maximum atomic E-state index is 12.3. The number of carbonyl (C=O) groups excluding carboxylic acids is 2. The summed E-state index contributed by atoms with van der Waals surface area (Å²) >= 11 is 0. The third kappa shape index (κ3) is 4.19. The van der Waals surface area contributed by atoms with E-state index in [-0.39, 0.29) is 17.0 Å². The van der Waals surface area contributed by atoms with Crippen molar-refractivity contribution in [2.75, 3.05) is 24.6 Å². The predicted molar refractivity (Wildman–Crippen MR) is 105 cm³/mol. The number of anilines is 1. The van der Waals surface area contributed by atoms with Gasteiger partial charge in [0.05, 0.1) is 10.5 Å². The number of esters is 1. The van der Waals surface area contributed by atoms with E-state index in [1.54, 1.807) is 12.1 Å². The first-order valence-corrected chi connectivity index (χ1v) is 9.18. The highest BCUT2D eigenvalue weighted by atomic mass is 16.6. The average molecular weight is 382 g/mol. The molecule has 7 heteroatoms. The molecule has 3 rings (SSSR count). The summed E-state index contributed by atoms with van der Waals surface area (Å²) in [6.45, 7) is 4.86. The van der Waals surface area contributed by atoms with Crippen molar-refractivity contribution in [2.24, 2.45) is 0 Å². The zero-order chi connectivity index (χ0) is 20.3. The van der Waals surface area contributed by atoms with E-state index in [9.17, 15) is 19.7 Å². The third-order valence-corrected chi connectivity index (χ3v) is 4.87. The molecule has 146 valence electrons. The Hall–Kier alpha value is -3.22. The van der Waals surface area contributed by atoms with Crippen LogP contribution in [-0.4, -0.2) is 36.4 Å². The normalized spacial score (nSPS) is 13.4. The second-order valence-electron chi connectivity index (χ2n) is 6.97. The van der Waals surface area contributed by atoms with Crippen LogP contribution in [0.1, 0.15) is 44.7 Å². The largest absolute Gasteiger partial charge is 0.454 e. The fourth-order valence-corrected chi connectivity index (χ4v) is 3.44. The summed E-state index contributed by atoms with van der Waals surface area (Å²) in [7, 11) is 0. The van der Waals surface area contributed by atoms with E-state index in [0.29, 0.717) is 11.3 Å². The van der Waals surface area contributed by atoms with Gasteiger partial charge < -0.3 is 9.64 Å². The highest BCUT2D eigenvalue weighted by Crippen LogP contribution is 2.31. The molecule has 2 aromatic rings. The second-order valence-corrected chi connectivity index (χ2v) is 6.97. The van der Waals surface area contributed by atoms with E-state index in [2.05, 4.69) is 0 Å². The number of Topliss-reactive ketones (excluding diaryl/α,β-unsaturated/α-hetero) is 1. The number of aryl methyl sites for hydroxylation is 2. The lowest BCUT2D eigenvalue weighted by atomic mass is 10.0. The van der Waals surface area contributed by atoms with Gasteiger partial charge in [-0.05, 0) is 44.4 Å². The van der Waals surface area contributed by atoms with Crippen molar-refractivity contribution in [1.29, 1.82) is 0 Å². The Labute approximate surface area is 163 Å². The highest BCUT2D eigenvalue weighted by molar-refractivity contribution is 6.00. The van der Waals surface area contributed by atoms with Crippen LogP contribution in [0.5, 0.6) is 0 Å². The molecule has 1 fully saturated rings. The van der Waals surface area contributed by atoms with Gasteiger partial charge in [0.1, 0.15) is 5.69 Å². The molecule has 0 bridgehead atoms. The number of nitro benzene ring substituents is 1. The van der Waals surface area contributed by atoms with Gasteiger partial charge in [-0.2, -0.15) is 0 Å². The average Bonchev–Trinajstić information content (AvgIpc) is 3.20. The number of ether oxygens (including phenoxy) is 1. The van der Waals surface area contributed by atoms with E-state index in [0.717, 1.165) is 37.1 Å². The zero-order valence-corrected chi connectivity index (χ0v) is 15.9. The van der Waals surface area contributed by atoms with Crippen molar-refractivity contribution in [3.8, 4) is 0 Å². The molecule has 0 aromatic heterocycles. The summed E-state index contributed by atoms with van der Waals surface area (Å²) in [6.07, 6.45) is 1.98. The molecule has 2 aromatic carbocycles. The molecule has 28 heavy (non-hydrogen) atoms. The molecule has 0 N–H and O–H groups in total. The van der Waals surface area contributed by atoms with Gasteiger partial charge in [-0.3, -0.25) is 14.9 Å². The molecule has 0 aliphatic carbocycles. The third-order valence-electron chi connectivity index (χ3n) is 4.87. The van der Waals surface area contributed by atoms with E-state index < -0.39 is 17.5 Å². The van der Waals surface area contributed by atoms with E-state index in [1.807, 2.05) is 30.9 Å². The molecule has 0 atom stereocenters. The fraction of sp³-hybridized carbons (Fsp3) is 0.333. The lowest BCUT2D eigenvalue weighted by molar-refractivity contribution is -0.384. The fourth-order valence-electron chi connectivity index (χ4n) is 3.44. The monoisotopic (exact) mass is 382 g/mol. The van der Waals surface area contributed by atoms with Gasteiger partial charge in [0.15, 0.2) is 6.61 Å². The Morgan fingerprint density at radius 3 is 2.46 bits per heavy atom. The van der Waals surface area contributed by atoms with Gasteiger partial charge in [0.25, 0.3) is 5.69 Å². The van der Waals surface area contributed by atoms with Crippen molar-refractivity contribution in [1.82, 2.24) is 0 Å². The highest BCUT2D eigenvalue weighted by Gasteiger charge is 2.24. The first-order valence-electron chi connectivity index (χ1n) is 9.18. The van der Waals surface area contributed by atoms with Crippen molar-refractivity contribution in [2.45, 2.75) is 26.7 Å². The predicted octanol–water partition coefficient (Wildman–Crippen LogP) is 3.85. The minimum absolute atomic E-state index is 0.0584. The molecule has 7 nitrogen and oxygen atoms in total. The Bertz CT molecular complexity index is 932. The molecule has 1 heterocycles. The Morgan fingerprint density at radius 2 is 1.82 bits per heavy atom. The number of carbonyl (C=O) groups is 2. The molecule has 0 spiro atoms. The van der Waals surface area contributed by atoms with Gasteiger partial charge in [-0.25, -0.2) is 4.79 Å². The summed E-state index contributed by atoms with van der Waals surface area (Å²) < 4.78 is 5.10. The minimum atomic E-state index is -0.755. The molecule has 0 saturated carbocycles. The SMILES string of the molecule is Cc1ccc(C(=O)COC(=O)c2ccc(N3CCCC3)c([N+](=O)[O-])c2)c(C)c1. The molecule has 1 aliphatic heterocycles. The number of benzene rings is 2. The van der Waals surface area contributed by atoms with Gasteiger partial charge in [-0.1, -0.05) is 23.8 Å². The molecule has 1 saturated heterocycles. The maximum Gasteiger partial charge on any atom is 0.338 e. The molecular weight excluding hydrogens is 360 g/mol. The zero-order valence-electron chi connectivity index (χ0n) is 15.9. The van der Waals surface area contributed by atoms with Gasteiger partial charge in [0, 0.05) is 24.7 Å². The first-order chi connectivity index (χ1) is 13.4. The standard InChI is InChI=1S/C21H22N2O5/c1-14-5-7-17(15(2)11-14)20(24)13-28-21(25)16-6-8-18(19(12-16)23(26)27)22-9-3-4-10-22/h5-8,11-12H,3-4,9-10,13H2,1-2H3. The quantitative estimate of drug-likeness (QED) is 0.326. The van der Waals surface area contributed by atoms with Crippen molar-refractivity contribution in [3.05, 3.63) is 68.8 Å². The van der Waals surface area contributed by atoms with Crippen LogP contribution in [0, 0.1) is 24.0 Å². The lowest BCUT2D eigenvalue weighted by Crippen LogP contribution is -2.19. The van der Waals surface area contributed by atoms with Crippen molar-refractivity contribution in [3.63, 3.8) is 0 Å². The topological polar surface area (TPSA) is 89.8 Å². The van der Waals surface area contributed by atoms with Crippen LogP contribution >= 0.6 is 0 Å². The molecule has 0 amide bonds. The molecular formula is C21H22N2O5. The number of rotatable bonds is 6. The minimum Gasteiger partial charge on any atom is -0.454 e. The van der Waals surface area contributed by atoms with Gasteiger partial charge in [-0.15, -0.1) is 0 Å². The van der Waals surface area contributed by atoms with Crippen LogP contribution in [0.2, 0.25) is 0 Å². The van der Waals surface area contributed by atoms with E-state index in [1.165, 1.54) is 12.1 Å². The summed E-state index contributed by atoms with van der Waals surface area (Å²) in [4.78, 5) is 37.5. The number of nitro groups is 1. The summed E-state index contributed by atoms with van der Waals surface area (Å²) in [5.74, 6) is -1.07.